The Hall–Kier alpha value is -1.03. The largest absolute Gasteiger partial charge is 0.370 e. The van der Waals surface area contributed by atoms with Crippen LogP contribution in [0, 0.1) is 12.8 Å². The Bertz CT molecular complexity index is 344. The van der Waals surface area contributed by atoms with E-state index in [1.807, 2.05) is 0 Å². The number of nitrogens with zero attached hydrogens (tertiary/aromatic N) is 2. The fraction of sp³-hybridized carbons (Fsp3) is 0.700. The standard InChI is InChI=1S/C10H16N4/c1-7-4-10-12-6-8-5-11-3-2-9(8)14(10)13-7/h4,8-9,11-12H,2-3,5-6H2,1H3. The highest BCUT2D eigenvalue weighted by Gasteiger charge is 2.31. The second-order valence-corrected chi connectivity index (χ2v) is 4.32. The van der Waals surface area contributed by atoms with Gasteiger partial charge < -0.3 is 10.6 Å². The van der Waals surface area contributed by atoms with Crippen LogP contribution in [-0.4, -0.2) is 29.4 Å². The van der Waals surface area contributed by atoms with E-state index >= 15 is 0 Å². The molecular weight excluding hydrogens is 176 g/mol. The van der Waals surface area contributed by atoms with E-state index in [-0.39, 0.29) is 0 Å². The van der Waals surface area contributed by atoms with E-state index < -0.39 is 0 Å². The first-order chi connectivity index (χ1) is 6.84. The van der Waals surface area contributed by atoms with Crippen molar-refractivity contribution in [2.24, 2.45) is 5.92 Å². The van der Waals surface area contributed by atoms with E-state index in [1.165, 1.54) is 12.2 Å². The smallest absolute Gasteiger partial charge is 0.124 e. The molecule has 4 nitrogen and oxygen atoms in total. The molecule has 0 radical (unpaired) electrons. The van der Waals surface area contributed by atoms with E-state index in [2.05, 4.69) is 33.4 Å². The second kappa shape index (κ2) is 2.98. The van der Waals surface area contributed by atoms with Crippen molar-refractivity contribution in [1.29, 1.82) is 0 Å². The number of fused-ring (bicyclic) bond motifs is 3. The van der Waals surface area contributed by atoms with Gasteiger partial charge in [-0.1, -0.05) is 0 Å². The van der Waals surface area contributed by atoms with Crippen LogP contribution in [0.25, 0.3) is 0 Å². The molecule has 2 unspecified atom stereocenters. The maximum absolute atomic E-state index is 4.56. The van der Waals surface area contributed by atoms with Crippen molar-refractivity contribution in [2.75, 3.05) is 25.0 Å². The summed E-state index contributed by atoms with van der Waals surface area (Å²) in [5.41, 5.74) is 1.12. The highest BCUT2D eigenvalue weighted by Crippen LogP contribution is 2.32. The zero-order chi connectivity index (χ0) is 9.54. The molecule has 1 fully saturated rings. The zero-order valence-corrected chi connectivity index (χ0v) is 8.45. The summed E-state index contributed by atoms with van der Waals surface area (Å²) in [7, 11) is 0. The summed E-state index contributed by atoms with van der Waals surface area (Å²) in [5, 5.41) is 11.4. The van der Waals surface area contributed by atoms with Crippen molar-refractivity contribution in [3.63, 3.8) is 0 Å². The van der Waals surface area contributed by atoms with Crippen molar-refractivity contribution in [3.8, 4) is 0 Å². The van der Waals surface area contributed by atoms with Crippen LogP contribution in [0.5, 0.6) is 0 Å². The van der Waals surface area contributed by atoms with Gasteiger partial charge in [0, 0.05) is 25.1 Å². The average molecular weight is 192 g/mol. The Balaban J connectivity index is 1.98. The maximum atomic E-state index is 4.56. The van der Waals surface area contributed by atoms with Crippen LogP contribution in [0.3, 0.4) is 0 Å². The number of rotatable bonds is 0. The second-order valence-electron chi connectivity index (χ2n) is 4.32. The Morgan fingerprint density at radius 1 is 1.50 bits per heavy atom. The molecule has 1 aromatic heterocycles. The molecule has 0 saturated carbocycles. The van der Waals surface area contributed by atoms with Crippen LogP contribution in [0.2, 0.25) is 0 Å². The molecule has 3 rings (SSSR count). The molecule has 2 N–H and O–H groups in total. The number of anilines is 1. The zero-order valence-electron chi connectivity index (χ0n) is 8.45. The van der Waals surface area contributed by atoms with Crippen molar-refractivity contribution >= 4 is 5.82 Å². The van der Waals surface area contributed by atoms with E-state index in [9.17, 15) is 0 Å². The Morgan fingerprint density at radius 3 is 3.36 bits per heavy atom. The lowest BCUT2D eigenvalue weighted by molar-refractivity contribution is 0.237. The lowest BCUT2D eigenvalue weighted by atomic mass is 9.92. The number of aromatic nitrogens is 2. The van der Waals surface area contributed by atoms with Crippen LogP contribution in [0.1, 0.15) is 18.2 Å². The summed E-state index contributed by atoms with van der Waals surface area (Å²) in [5.74, 6) is 1.90. The normalized spacial score (nSPS) is 30.4. The van der Waals surface area contributed by atoms with Gasteiger partial charge in [-0.25, -0.2) is 4.68 Å². The minimum atomic E-state index is 0.612. The van der Waals surface area contributed by atoms with E-state index in [0.717, 1.165) is 25.3 Å². The lowest BCUT2D eigenvalue weighted by Crippen LogP contribution is -2.44. The first kappa shape index (κ1) is 8.29. The quantitative estimate of drug-likeness (QED) is 0.638. The van der Waals surface area contributed by atoms with Gasteiger partial charge >= 0.3 is 0 Å². The fourth-order valence-electron chi connectivity index (χ4n) is 2.58. The molecular formula is C10H16N4. The molecule has 1 aromatic rings. The Morgan fingerprint density at radius 2 is 2.43 bits per heavy atom. The Kier molecular flexibility index (Phi) is 1.77. The number of hydrogen-bond donors (Lipinski definition) is 2. The molecule has 0 amide bonds. The van der Waals surface area contributed by atoms with Gasteiger partial charge in [-0.15, -0.1) is 0 Å². The fourth-order valence-corrected chi connectivity index (χ4v) is 2.58. The number of piperidine rings is 1. The lowest BCUT2D eigenvalue weighted by Gasteiger charge is -2.37. The Labute approximate surface area is 83.7 Å². The molecule has 0 spiro atoms. The van der Waals surface area contributed by atoms with Crippen molar-refractivity contribution in [3.05, 3.63) is 11.8 Å². The van der Waals surface area contributed by atoms with Gasteiger partial charge in [0.25, 0.3) is 0 Å². The van der Waals surface area contributed by atoms with Gasteiger partial charge in [0.05, 0.1) is 11.7 Å². The first-order valence-electron chi connectivity index (χ1n) is 5.35. The molecule has 2 aliphatic heterocycles. The molecule has 76 valence electrons. The topological polar surface area (TPSA) is 41.9 Å². The molecule has 2 aliphatic rings. The predicted molar refractivity (Wildman–Crippen MR) is 55.5 cm³/mol. The highest BCUT2D eigenvalue weighted by atomic mass is 15.4. The summed E-state index contributed by atoms with van der Waals surface area (Å²) < 4.78 is 2.18. The molecule has 0 bridgehead atoms. The van der Waals surface area contributed by atoms with E-state index in [4.69, 9.17) is 0 Å². The first-order valence-corrected chi connectivity index (χ1v) is 5.35. The third kappa shape index (κ3) is 1.14. The van der Waals surface area contributed by atoms with Gasteiger partial charge in [-0.2, -0.15) is 5.10 Å². The van der Waals surface area contributed by atoms with E-state index in [0.29, 0.717) is 12.0 Å². The number of aryl methyl sites for hydroxylation is 1. The highest BCUT2D eigenvalue weighted by molar-refractivity contribution is 5.39. The van der Waals surface area contributed by atoms with Gasteiger partial charge in [0.15, 0.2) is 0 Å². The van der Waals surface area contributed by atoms with Crippen molar-refractivity contribution in [2.45, 2.75) is 19.4 Å². The summed E-state index contributed by atoms with van der Waals surface area (Å²) in [6.45, 7) is 5.39. The average Bonchev–Trinajstić information content (AvgIpc) is 2.59. The SMILES string of the molecule is Cc1cc2n(n1)C1CCNCC1CN2. The third-order valence-electron chi connectivity index (χ3n) is 3.28. The molecule has 14 heavy (non-hydrogen) atoms. The van der Waals surface area contributed by atoms with Gasteiger partial charge in [-0.05, 0) is 19.9 Å². The summed E-state index contributed by atoms with van der Waals surface area (Å²) in [6, 6.07) is 2.75. The number of hydrogen-bond acceptors (Lipinski definition) is 3. The van der Waals surface area contributed by atoms with E-state index in [1.54, 1.807) is 0 Å². The summed E-state index contributed by atoms with van der Waals surface area (Å²) >= 11 is 0. The number of nitrogens with one attached hydrogen (secondary N) is 2. The van der Waals surface area contributed by atoms with Crippen LogP contribution in [-0.2, 0) is 0 Å². The van der Waals surface area contributed by atoms with Gasteiger partial charge in [0.2, 0.25) is 0 Å². The van der Waals surface area contributed by atoms with Gasteiger partial charge in [0.1, 0.15) is 5.82 Å². The maximum Gasteiger partial charge on any atom is 0.124 e. The molecule has 1 saturated heterocycles. The minimum Gasteiger partial charge on any atom is -0.370 e. The minimum absolute atomic E-state index is 0.612. The van der Waals surface area contributed by atoms with Crippen molar-refractivity contribution in [1.82, 2.24) is 15.1 Å². The van der Waals surface area contributed by atoms with Crippen LogP contribution < -0.4 is 10.6 Å². The molecule has 3 heterocycles. The third-order valence-corrected chi connectivity index (χ3v) is 3.28. The van der Waals surface area contributed by atoms with Crippen LogP contribution in [0.4, 0.5) is 5.82 Å². The van der Waals surface area contributed by atoms with Crippen molar-refractivity contribution < 1.29 is 0 Å². The van der Waals surface area contributed by atoms with Gasteiger partial charge in [-0.3, -0.25) is 0 Å². The molecule has 4 heteroatoms. The monoisotopic (exact) mass is 192 g/mol. The molecule has 0 aromatic carbocycles. The summed E-state index contributed by atoms with van der Waals surface area (Å²) in [4.78, 5) is 0. The molecule has 0 aliphatic carbocycles. The van der Waals surface area contributed by atoms with Crippen LogP contribution in [0.15, 0.2) is 6.07 Å². The van der Waals surface area contributed by atoms with Crippen LogP contribution >= 0.6 is 0 Å². The summed E-state index contributed by atoms with van der Waals surface area (Å²) in [6.07, 6.45) is 1.21. The molecule has 2 atom stereocenters. The predicted octanol–water partition coefficient (Wildman–Crippen LogP) is 0.768.